The lowest BCUT2D eigenvalue weighted by Crippen LogP contribution is -2.33. The number of carbonyl (C=O) groups excluding carboxylic acids is 1. The van der Waals surface area contributed by atoms with Gasteiger partial charge in [-0.1, -0.05) is 30.4 Å². The number of nitrogens with zero attached hydrogens (tertiary/aromatic N) is 2. The average Bonchev–Trinajstić information content (AvgIpc) is 3.61. The number of methoxy groups -OCH3 is 1. The van der Waals surface area contributed by atoms with E-state index >= 15 is 0 Å². The van der Waals surface area contributed by atoms with E-state index in [2.05, 4.69) is 4.74 Å². The van der Waals surface area contributed by atoms with Crippen LogP contribution in [0.3, 0.4) is 0 Å². The summed E-state index contributed by atoms with van der Waals surface area (Å²) >= 11 is 0. The Morgan fingerprint density at radius 3 is 1.97 bits per heavy atom. The van der Waals surface area contributed by atoms with Crippen LogP contribution in [0, 0.1) is 23.3 Å². The third kappa shape index (κ3) is 11.7. The van der Waals surface area contributed by atoms with Gasteiger partial charge in [0, 0.05) is 79.4 Å². The summed E-state index contributed by atoms with van der Waals surface area (Å²) in [6.07, 6.45) is 13.3. The Kier molecular flexibility index (Phi) is 16.4. The summed E-state index contributed by atoms with van der Waals surface area (Å²) in [5.74, 6) is -10.4. The maximum Gasteiger partial charge on any atom is 0.311 e. The summed E-state index contributed by atoms with van der Waals surface area (Å²) in [6, 6.07) is 8.10. The average molecular weight is 981 g/mol. The van der Waals surface area contributed by atoms with Crippen molar-refractivity contribution < 1.29 is 75.3 Å². The minimum atomic E-state index is -4.84. The van der Waals surface area contributed by atoms with E-state index in [0.29, 0.717) is 66.3 Å². The molecule has 3 aromatic rings. The second-order valence-electron chi connectivity index (χ2n) is 16.1. The van der Waals surface area contributed by atoms with Crippen molar-refractivity contribution in [3.63, 3.8) is 0 Å². The van der Waals surface area contributed by atoms with E-state index in [-0.39, 0.29) is 38.4 Å². The number of allylic oxidation sites excluding steroid dienone is 8. The predicted molar refractivity (Wildman–Crippen MR) is 232 cm³/mol. The largest absolute Gasteiger partial charge is 0.748 e. The van der Waals surface area contributed by atoms with Gasteiger partial charge in [0.05, 0.1) is 25.3 Å². The van der Waals surface area contributed by atoms with Crippen LogP contribution in [0.5, 0.6) is 5.75 Å². The zero-order chi connectivity index (χ0) is 48.8. The first-order valence-corrected chi connectivity index (χ1v) is 25.1. The molecule has 2 atom stereocenters. The molecule has 2 aliphatic rings. The first kappa shape index (κ1) is 51.9. The number of hydrogen-bond donors (Lipinski definition) is 0. The summed E-state index contributed by atoms with van der Waals surface area (Å²) in [4.78, 5) is 13.4. The highest BCUT2D eigenvalue weighted by molar-refractivity contribution is 7.86. The van der Waals surface area contributed by atoms with Gasteiger partial charge in [-0.2, -0.15) is 13.4 Å². The Morgan fingerprint density at radius 2 is 1.36 bits per heavy atom. The van der Waals surface area contributed by atoms with Crippen molar-refractivity contribution in [3.8, 4) is 5.75 Å². The van der Waals surface area contributed by atoms with Crippen LogP contribution in [0.4, 0.5) is 28.9 Å². The number of fused-ring (bicyclic) bond motifs is 2. The number of esters is 1. The molecular formula is C45H48F4N2O12S3-2. The zero-order valence-electron chi connectivity index (χ0n) is 36.4. The lowest BCUT2D eigenvalue weighted by molar-refractivity contribution is -0.438. The molecule has 5 rings (SSSR count). The Bertz CT molecular complexity index is 2840. The highest BCUT2D eigenvalue weighted by Crippen LogP contribution is 2.51. The maximum atomic E-state index is 14.0. The molecule has 14 nitrogen and oxygen atoms in total. The molecule has 2 heterocycles. The van der Waals surface area contributed by atoms with Crippen molar-refractivity contribution >= 4 is 53.4 Å². The first-order chi connectivity index (χ1) is 30.9. The predicted octanol–water partition coefficient (Wildman–Crippen LogP) is 7.29. The lowest BCUT2D eigenvalue weighted by atomic mass is 9.76. The molecule has 0 amide bonds. The van der Waals surface area contributed by atoms with Crippen LogP contribution < -0.4 is 9.64 Å². The Morgan fingerprint density at radius 1 is 0.758 bits per heavy atom. The van der Waals surface area contributed by atoms with Crippen LogP contribution in [0.1, 0.15) is 76.8 Å². The van der Waals surface area contributed by atoms with Gasteiger partial charge in [0.2, 0.25) is 23.1 Å². The topological polar surface area (TPSA) is 213 Å². The van der Waals surface area contributed by atoms with E-state index in [1.807, 2.05) is 29.4 Å². The van der Waals surface area contributed by atoms with Gasteiger partial charge in [-0.25, -0.2) is 34.0 Å². The number of rotatable bonds is 21. The quantitative estimate of drug-likeness (QED) is 0.0150. The first-order valence-electron chi connectivity index (χ1n) is 20.7. The highest BCUT2D eigenvalue weighted by atomic mass is 32.2. The summed E-state index contributed by atoms with van der Waals surface area (Å²) in [5, 5.41) is 0. The normalized spacial score (nSPS) is 19.6. The smallest absolute Gasteiger partial charge is 0.311 e. The highest BCUT2D eigenvalue weighted by Gasteiger charge is 2.48. The lowest BCUT2D eigenvalue weighted by Gasteiger charge is -2.30. The van der Waals surface area contributed by atoms with Crippen molar-refractivity contribution in [2.75, 3.05) is 37.5 Å². The third-order valence-corrected chi connectivity index (χ3v) is 14.1. The minimum Gasteiger partial charge on any atom is -0.748 e. The number of unbranched alkanes of at least 4 members (excludes halogenated alkanes) is 2. The van der Waals surface area contributed by atoms with E-state index in [0.717, 1.165) is 0 Å². The molecule has 66 heavy (non-hydrogen) atoms. The van der Waals surface area contributed by atoms with Crippen molar-refractivity contribution in [3.05, 3.63) is 125 Å². The van der Waals surface area contributed by atoms with Gasteiger partial charge in [-0.05, 0) is 94.8 Å². The molecule has 0 spiro atoms. The molecule has 358 valence electrons. The second kappa shape index (κ2) is 20.9. The van der Waals surface area contributed by atoms with Gasteiger partial charge in [-0.3, -0.25) is 4.79 Å². The van der Waals surface area contributed by atoms with Gasteiger partial charge >= 0.3 is 5.97 Å². The standard InChI is InChI=1S/C45H50F4N2O12S3/c1-5-50-36-20-18-30(65(56,57)58)27-32(36)44(2,22-14-26-64(53,54)55)38(50)15-10-7-6-8-11-16-39-45(3,23-25-62-4)33-28-31(66(59,60)61)19-21-37(33)51(39)24-13-9-12-17-40(52)63-43-41(48)34(46)29-35(47)42(43)49/h6-8,10-11,15-16,18-21,27-29H,5,9,12-14,17,22-26H2,1-4H3,(H2-,53,54,55,56,57,58,59,60,61)/p-2. The molecule has 0 fully saturated rings. The number of likely N-dealkylation sites (N-methyl/N-ethyl adjacent to an activating group) is 1. The Labute approximate surface area is 381 Å². The number of halogens is 4. The second-order valence-corrected chi connectivity index (χ2v) is 20.4. The minimum absolute atomic E-state index is 0.00430. The molecule has 0 aromatic heterocycles. The van der Waals surface area contributed by atoms with Crippen LogP contribution >= 0.6 is 0 Å². The van der Waals surface area contributed by atoms with Crippen LogP contribution in [0.2, 0.25) is 0 Å². The zero-order valence-corrected chi connectivity index (χ0v) is 38.8. The van der Waals surface area contributed by atoms with Gasteiger partial charge in [0.25, 0.3) is 0 Å². The number of anilines is 1. The third-order valence-electron chi connectivity index (χ3n) is 11.7. The summed E-state index contributed by atoms with van der Waals surface area (Å²) in [7, 11) is -12.7. The summed E-state index contributed by atoms with van der Waals surface area (Å²) in [5.41, 5.74) is 1.81. The molecule has 0 saturated heterocycles. The molecule has 0 aliphatic carbocycles. The van der Waals surface area contributed by atoms with E-state index in [9.17, 15) is 61.3 Å². The fourth-order valence-corrected chi connectivity index (χ4v) is 9.89. The van der Waals surface area contributed by atoms with Crippen molar-refractivity contribution in [2.24, 2.45) is 0 Å². The van der Waals surface area contributed by atoms with Crippen LogP contribution in [-0.2, 0) is 50.7 Å². The van der Waals surface area contributed by atoms with Gasteiger partial charge < -0.3 is 28.0 Å². The maximum absolute atomic E-state index is 14.0. The molecule has 21 heteroatoms. The SMILES string of the molecule is CCN1/C(=C/C=C/C=C/C=C/C2=[N+](CCCCCC(=O)Oc3c(F)c(F)cc(F)c3F)c3ccc(S(=O)(=O)[O-])cc3C2(C)CCOC)C(C)(CCCS(=O)(=O)[O-])c2cc(S(=O)(=O)[O-])ccc21. The summed E-state index contributed by atoms with van der Waals surface area (Å²) in [6.45, 7) is 6.53. The molecule has 0 N–H and O–H groups in total. The van der Waals surface area contributed by atoms with Crippen molar-refractivity contribution in [2.45, 2.75) is 86.3 Å². The molecule has 2 unspecified atom stereocenters. The molecular weight excluding hydrogens is 933 g/mol. The fraction of sp³-hybridized carbons (Fsp3) is 0.378. The van der Waals surface area contributed by atoms with Crippen molar-refractivity contribution in [1.29, 1.82) is 0 Å². The Balaban J connectivity index is 1.40. The van der Waals surface area contributed by atoms with Crippen LogP contribution in [0.25, 0.3) is 0 Å². The molecule has 0 bridgehead atoms. The number of ether oxygens (including phenoxy) is 2. The van der Waals surface area contributed by atoms with E-state index in [1.54, 1.807) is 43.4 Å². The van der Waals surface area contributed by atoms with Crippen LogP contribution in [0.15, 0.2) is 100 Å². The molecule has 3 aromatic carbocycles. The monoisotopic (exact) mass is 980 g/mol. The molecule has 0 radical (unpaired) electrons. The number of benzene rings is 3. The van der Waals surface area contributed by atoms with Gasteiger partial charge in [0.1, 0.15) is 26.8 Å². The Hall–Kier alpha value is -5.03. The van der Waals surface area contributed by atoms with Gasteiger partial charge in [-0.15, -0.1) is 0 Å². The van der Waals surface area contributed by atoms with E-state index < -0.39 is 91.7 Å². The number of carbonyl (C=O) groups is 1. The fourth-order valence-electron chi connectivity index (χ4n) is 8.40. The van der Waals surface area contributed by atoms with E-state index in [4.69, 9.17) is 4.74 Å². The van der Waals surface area contributed by atoms with Gasteiger partial charge in [0.15, 0.2) is 17.3 Å². The molecule has 2 aliphatic heterocycles. The van der Waals surface area contributed by atoms with E-state index in [1.165, 1.54) is 43.5 Å². The van der Waals surface area contributed by atoms with Crippen LogP contribution in [-0.4, -0.2) is 87.7 Å². The number of hydrogen-bond acceptors (Lipinski definition) is 13. The molecule has 0 saturated carbocycles. The van der Waals surface area contributed by atoms with Crippen molar-refractivity contribution in [1.82, 2.24) is 0 Å². The summed E-state index contributed by atoms with van der Waals surface area (Å²) < 4.78 is 174.